The summed E-state index contributed by atoms with van der Waals surface area (Å²) in [7, 11) is 1.36. The van der Waals surface area contributed by atoms with E-state index in [2.05, 4.69) is 27.7 Å². The van der Waals surface area contributed by atoms with E-state index in [1.165, 1.54) is 42.0 Å². The van der Waals surface area contributed by atoms with Gasteiger partial charge in [-0.05, 0) is 53.4 Å². The van der Waals surface area contributed by atoms with Crippen LogP contribution in [0.3, 0.4) is 0 Å². The molecule has 3 aromatic carbocycles. The van der Waals surface area contributed by atoms with Crippen LogP contribution >= 0.6 is 23.1 Å². The lowest BCUT2D eigenvalue weighted by molar-refractivity contribution is -0.115. The van der Waals surface area contributed by atoms with E-state index in [-0.39, 0.29) is 17.6 Å². The van der Waals surface area contributed by atoms with E-state index in [4.69, 9.17) is 9.15 Å². The topological polar surface area (TPSA) is 101 Å². The van der Waals surface area contributed by atoms with Gasteiger partial charge in [-0.25, -0.2) is 4.79 Å². The normalized spacial score (nSPS) is 13.4. The maximum Gasteiger partial charge on any atom is 0.341 e. The number of furan rings is 1. The summed E-state index contributed by atoms with van der Waals surface area (Å²) in [5.74, 6) is -0.874. The van der Waals surface area contributed by atoms with Crippen LogP contribution in [0.4, 0.5) is 10.7 Å². The summed E-state index contributed by atoms with van der Waals surface area (Å²) in [5, 5.41) is 5.79. The van der Waals surface area contributed by atoms with Crippen LogP contribution in [-0.2, 0) is 29.0 Å². The molecular weight excluding hydrogens is 607 g/mol. The predicted octanol–water partition coefficient (Wildman–Crippen LogP) is 7.41. The van der Waals surface area contributed by atoms with E-state index in [0.717, 1.165) is 34.0 Å². The van der Waals surface area contributed by atoms with Crippen LogP contribution in [-0.4, -0.2) is 36.3 Å². The SMILES string of the molecule is COC(=O)c1c(NC(=O)C(Sc2cccc(NC(=O)c3ccco3)c2)c2ccccc2)sc2c1CCN(Cc1ccccc1)C2. The van der Waals surface area contributed by atoms with Crippen LogP contribution in [0.1, 0.15) is 47.7 Å². The summed E-state index contributed by atoms with van der Waals surface area (Å²) in [6, 6.07) is 30.3. The maximum atomic E-state index is 14.0. The maximum absolute atomic E-state index is 14.0. The number of esters is 1. The van der Waals surface area contributed by atoms with Crippen LogP contribution in [0.15, 0.2) is 113 Å². The molecule has 10 heteroatoms. The van der Waals surface area contributed by atoms with E-state index in [1.807, 2.05) is 66.7 Å². The minimum Gasteiger partial charge on any atom is -0.465 e. The zero-order valence-electron chi connectivity index (χ0n) is 24.5. The van der Waals surface area contributed by atoms with Gasteiger partial charge >= 0.3 is 5.97 Å². The second-order valence-corrected chi connectivity index (χ2v) is 12.8. The number of hydrogen-bond acceptors (Lipinski definition) is 8. The Bertz CT molecular complexity index is 1790. The summed E-state index contributed by atoms with van der Waals surface area (Å²) in [6.07, 6.45) is 2.13. The highest BCUT2D eigenvalue weighted by Crippen LogP contribution is 2.41. The molecule has 0 spiro atoms. The Hall–Kier alpha value is -4.64. The van der Waals surface area contributed by atoms with E-state index in [1.54, 1.807) is 18.2 Å². The molecule has 2 aromatic heterocycles. The zero-order valence-corrected chi connectivity index (χ0v) is 26.2. The highest BCUT2D eigenvalue weighted by Gasteiger charge is 2.31. The number of ether oxygens (including phenoxy) is 1. The minimum absolute atomic E-state index is 0.206. The smallest absolute Gasteiger partial charge is 0.341 e. The van der Waals surface area contributed by atoms with Crippen molar-refractivity contribution in [2.45, 2.75) is 29.7 Å². The molecule has 45 heavy (non-hydrogen) atoms. The standard InChI is InChI=1S/C35H31N3O5S2/c1-42-35(41)30-27-17-18-38(21-23-10-4-2-5-11-23)22-29(27)45-34(30)37-33(40)31(24-12-6-3-7-13-24)44-26-15-8-14-25(20-26)36-32(39)28-16-9-19-43-28/h2-16,19-20,31H,17-18,21-22H2,1H3,(H,36,39)(H,37,40). The molecule has 1 aliphatic heterocycles. The number of amides is 2. The first kappa shape index (κ1) is 30.4. The first-order valence-electron chi connectivity index (χ1n) is 14.4. The second kappa shape index (κ2) is 14.0. The van der Waals surface area contributed by atoms with Gasteiger partial charge in [-0.15, -0.1) is 23.1 Å². The van der Waals surface area contributed by atoms with Crippen molar-refractivity contribution in [3.63, 3.8) is 0 Å². The fourth-order valence-electron chi connectivity index (χ4n) is 5.30. The number of carbonyl (C=O) groups excluding carboxylic acids is 3. The quantitative estimate of drug-likeness (QED) is 0.122. The van der Waals surface area contributed by atoms with Gasteiger partial charge in [0.1, 0.15) is 10.3 Å². The van der Waals surface area contributed by atoms with Crippen molar-refractivity contribution >= 4 is 51.6 Å². The number of carbonyl (C=O) groups is 3. The van der Waals surface area contributed by atoms with Gasteiger partial charge in [0.15, 0.2) is 5.76 Å². The highest BCUT2D eigenvalue weighted by atomic mass is 32.2. The molecule has 1 aliphatic rings. The molecule has 0 saturated heterocycles. The zero-order chi connectivity index (χ0) is 31.2. The Morgan fingerprint density at radius 3 is 2.47 bits per heavy atom. The monoisotopic (exact) mass is 637 g/mol. The molecule has 0 radical (unpaired) electrons. The van der Waals surface area contributed by atoms with E-state index in [0.29, 0.717) is 29.2 Å². The molecular formula is C35H31N3O5S2. The summed E-state index contributed by atoms with van der Waals surface area (Å²) in [6.45, 7) is 2.29. The summed E-state index contributed by atoms with van der Waals surface area (Å²) < 4.78 is 10.4. The Kier molecular flexibility index (Phi) is 9.44. The van der Waals surface area contributed by atoms with Crippen molar-refractivity contribution < 1.29 is 23.5 Å². The van der Waals surface area contributed by atoms with Crippen molar-refractivity contribution in [3.8, 4) is 0 Å². The number of fused-ring (bicyclic) bond motifs is 1. The summed E-state index contributed by atoms with van der Waals surface area (Å²) >= 11 is 2.79. The molecule has 0 bridgehead atoms. The Morgan fingerprint density at radius 1 is 0.956 bits per heavy atom. The molecule has 1 atom stereocenters. The van der Waals surface area contributed by atoms with Crippen molar-refractivity contribution in [3.05, 3.63) is 136 Å². The lowest BCUT2D eigenvalue weighted by atomic mass is 10.0. The lowest BCUT2D eigenvalue weighted by Gasteiger charge is -2.27. The molecule has 0 fully saturated rings. The Labute approximate surface area is 269 Å². The molecule has 228 valence electrons. The number of nitrogens with one attached hydrogen (secondary N) is 2. The molecule has 0 aliphatic carbocycles. The molecule has 6 rings (SSSR count). The highest BCUT2D eigenvalue weighted by molar-refractivity contribution is 8.00. The number of anilines is 2. The first-order valence-corrected chi connectivity index (χ1v) is 16.1. The average Bonchev–Trinajstić information content (AvgIpc) is 3.73. The number of methoxy groups -OCH3 is 1. The van der Waals surface area contributed by atoms with E-state index >= 15 is 0 Å². The molecule has 2 amide bonds. The number of nitrogens with zero attached hydrogens (tertiary/aromatic N) is 1. The van der Waals surface area contributed by atoms with Gasteiger partial charge in [-0.1, -0.05) is 66.7 Å². The van der Waals surface area contributed by atoms with Gasteiger partial charge in [0, 0.05) is 35.1 Å². The van der Waals surface area contributed by atoms with Gasteiger partial charge in [0.25, 0.3) is 5.91 Å². The van der Waals surface area contributed by atoms with Crippen LogP contribution in [0, 0.1) is 0 Å². The van der Waals surface area contributed by atoms with Crippen LogP contribution in [0.2, 0.25) is 0 Å². The first-order chi connectivity index (χ1) is 22.0. The van der Waals surface area contributed by atoms with E-state index in [9.17, 15) is 14.4 Å². The third kappa shape index (κ3) is 7.20. The van der Waals surface area contributed by atoms with Crippen molar-refractivity contribution in [2.75, 3.05) is 24.3 Å². The third-order valence-electron chi connectivity index (χ3n) is 7.44. The Morgan fingerprint density at radius 2 is 1.73 bits per heavy atom. The van der Waals surface area contributed by atoms with Crippen LogP contribution in [0.25, 0.3) is 0 Å². The van der Waals surface area contributed by atoms with Crippen LogP contribution < -0.4 is 10.6 Å². The Balaban J connectivity index is 1.24. The summed E-state index contributed by atoms with van der Waals surface area (Å²) in [5.41, 5.74) is 3.99. The average molecular weight is 638 g/mol. The number of benzene rings is 3. The number of hydrogen-bond donors (Lipinski definition) is 2. The fraction of sp³-hybridized carbons (Fsp3) is 0.171. The molecule has 0 saturated carbocycles. The van der Waals surface area contributed by atoms with Gasteiger partial charge in [0.2, 0.25) is 5.91 Å². The second-order valence-electron chi connectivity index (χ2n) is 10.5. The molecule has 5 aromatic rings. The van der Waals surface area contributed by atoms with Gasteiger partial charge in [0.05, 0.1) is 18.9 Å². The fourth-order valence-corrected chi connectivity index (χ4v) is 7.67. The van der Waals surface area contributed by atoms with Crippen molar-refractivity contribution in [2.24, 2.45) is 0 Å². The third-order valence-corrected chi connectivity index (χ3v) is 9.82. The van der Waals surface area contributed by atoms with Crippen molar-refractivity contribution in [1.29, 1.82) is 0 Å². The van der Waals surface area contributed by atoms with E-state index < -0.39 is 11.2 Å². The van der Waals surface area contributed by atoms with Gasteiger partial charge in [-0.3, -0.25) is 14.5 Å². The minimum atomic E-state index is -0.638. The van der Waals surface area contributed by atoms with Gasteiger partial charge < -0.3 is 19.8 Å². The lowest BCUT2D eigenvalue weighted by Crippen LogP contribution is -2.29. The largest absolute Gasteiger partial charge is 0.465 e. The van der Waals surface area contributed by atoms with Crippen LogP contribution in [0.5, 0.6) is 0 Å². The molecule has 3 heterocycles. The summed E-state index contributed by atoms with van der Waals surface area (Å²) in [4.78, 5) is 43.8. The molecule has 1 unspecified atom stereocenters. The van der Waals surface area contributed by atoms with Gasteiger partial charge in [-0.2, -0.15) is 0 Å². The van der Waals surface area contributed by atoms with Crippen molar-refractivity contribution in [1.82, 2.24) is 4.90 Å². The predicted molar refractivity (Wildman–Crippen MR) is 177 cm³/mol. The number of rotatable bonds is 10. The molecule has 2 N–H and O–H groups in total. The number of thiophene rings is 1. The molecule has 8 nitrogen and oxygen atoms in total. The number of thioether (sulfide) groups is 1.